The number of pyridine rings is 2. The summed E-state index contributed by atoms with van der Waals surface area (Å²) >= 11 is 0. The van der Waals surface area contributed by atoms with Crippen molar-refractivity contribution in [3.05, 3.63) is 119 Å². The molecule has 5 aromatic rings. The Bertz CT molecular complexity index is 1550. The Hall–Kier alpha value is -4.24. The van der Waals surface area contributed by atoms with E-state index in [-0.39, 0.29) is 23.3 Å². The first-order valence-electron chi connectivity index (χ1n) is 11.5. The maximum Gasteiger partial charge on any atom is 0.433 e. The second kappa shape index (κ2) is 9.33. The van der Waals surface area contributed by atoms with Crippen molar-refractivity contribution < 1.29 is 23.0 Å². The summed E-state index contributed by atoms with van der Waals surface area (Å²) in [5.74, 6) is 0.0522. The molecule has 0 radical (unpaired) electrons. The minimum atomic E-state index is -4.69. The van der Waals surface area contributed by atoms with Gasteiger partial charge >= 0.3 is 6.18 Å². The number of fused-ring (bicyclic) bond motifs is 1. The Labute approximate surface area is 211 Å². The number of methoxy groups -OCH3 is 1. The highest BCUT2D eigenvalue weighted by Gasteiger charge is 2.40. The van der Waals surface area contributed by atoms with Gasteiger partial charge in [-0.15, -0.1) is 0 Å². The van der Waals surface area contributed by atoms with E-state index in [2.05, 4.69) is 15.0 Å². The molecule has 0 fully saturated rings. The highest BCUT2D eigenvalue weighted by Crippen LogP contribution is 2.42. The number of hydrogen-bond acceptors (Lipinski definition) is 5. The molecule has 2 aromatic carbocycles. The lowest BCUT2D eigenvalue weighted by atomic mass is 9.85. The van der Waals surface area contributed by atoms with Crippen LogP contribution in [0.2, 0.25) is 0 Å². The van der Waals surface area contributed by atoms with E-state index in [1.165, 1.54) is 19.4 Å². The quantitative estimate of drug-likeness (QED) is 0.341. The van der Waals surface area contributed by atoms with Gasteiger partial charge in [0, 0.05) is 30.6 Å². The van der Waals surface area contributed by atoms with Crippen molar-refractivity contribution >= 4 is 10.9 Å². The van der Waals surface area contributed by atoms with E-state index in [0.29, 0.717) is 27.9 Å². The fraction of sp³-hybridized carbons (Fsp3) is 0.179. The third kappa shape index (κ3) is 4.31. The number of halogens is 3. The van der Waals surface area contributed by atoms with E-state index in [9.17, 15) is 18.3 Å². The Kier molecular flexibility index (Phi) is 6.16. The summed E-state index contributed by atoms with van der Waals surface area (Å²) in [6.45, 7) is 0. The third-order valence-electron chi connectivity index (χ3n) is 6.37. The van der Waals surface area contributed by atoms with Crippen LogP contribution in [0.25, 0.3) is 10.9 Å². The highest BCUT2D eigenvalue weighted by atomic mass is 19.4. The van der Waals surface area contributed by atoms with Gasteiger partial charge in [-0.2, -0.15) is 13.2 Å². The first kappa shape index (κ1) is 24.5. The maximum absolute atomic E-state index is 14.1. The van der Waals surface area contributed by atoms with Gasteiger partial charge in [-0.1, -0.05) is 42.5 Å². The molecular formula is C28H23F3N4O2. The average molecular weight is 505 g/mol. The first-order chi connectivity index (χ1) is 17.7. The van der Waals surface area contributed by atoms with Crippen LogP contribution in [0, 0.1) is 0 Å². The van der Waals surface area contributed by atoms with Gasteiger partial charge in [-0.25, -0.2) is 9.97 Å². The van der Waals surface area contributed by atoms with Gasteiger partial charge < -0.3 is 14.4 Å². The van der Waals surface area contributed by atoms with Crippen LogP contribution in [0.15, 0.2) is 85.5 Å². The fourth-order valence-electron chi connectivity index (χ4n) is 4.64. The molecule has 1 atom stereocenters. The SMILES string of the molecule is COc1c(Cc2ccccc2)c(C(F)(F)F)nc2ccc(C(O)(c3ccccn3)c3cncn3C)cc12. The zero-order valence-corrected chi connectivity index (χ0v) is 20.1. The summed E-state index contributed by atoms with van der Waals surface area (Å²) in [7, 11) is 3.08. The monoisotopic (exact) mass is 504 g/mol. The Balaban J connectivity index is 1.79. The van der Waals surface area contributed by atoms with E-state index < -0.39 is 17.5 Å². The number of aryl methyl sites for hydroxylation is 1. The second-order valence-corrected chi connectivity index (χ2v) is 8.68. The van der Waals surface area contributed by atoms with Gasteiger partial charge in [0.1, 0.15) is 5.75 Å². The van der Waals surface area contributed by atoms with E-state index in [1.807, 2.05) is 0 Å². The fourth-order valence-corrected chi connectivity index (χ4v) is 4.64. The lowest BCUT2D eigenvalue weighted by molar-refractivity contribution is -0.141. The first-order valence-corrected chi connectivity index (χ1v) is 11.5. The molecule has 3 heterocycles. The lowest BCUT2D eigenvalue weighted by Crippen LogP contribution is -2.32. The Morgan fingerprint density at radius 3 is 2.38 bits per heavy atom. The number of imidazole rings is 1. The van der Waals surface area contributed by atoms with Gasteiger partial charge in [0.2, 0.25) is 0 Å². The molecule has 37 heavy (non-hydrogen) atoms. The van der Waals surface area contributed by atoms with Gasteiger partial charge in [0.05, 0.1) is 36.5 Å². The molecule has 1 unspecified atom stereocenters. The van der Waals surface area contributed by atoms with Crippen LogP contribution in [0.3, 0.4) is 0 Å². The van der Waals surface area contributed by atoms with Crippen LogP contribution < -0.4 is 4.74 Å². The number of aromatic nitrogens is 4. The van der Waals surface area contributed by atoms with Gasteiger partial charge in [-0.3, -0.25) is 4.98 Å². The lowest BCUT2D eigenvalue weighted by Gasteiger charge is -2.29. The van der Waals surface area contributed by atoms with Crippen molar-refractivity contribution in [2.75, 3.05) is 7.11 Å². The van der Waals surface area contributed by atoms with Crippen LogP contribution in [0.5, 0.6) is 5.75 Å². The van der Waals surface area contributed by atoms with Gasteiger partial charge in [-0.05, 0) is 35.4 Å². The molecule has 0 bridgehead atoms. The van der Waals surface area contributed by atoms with Gasteiger partial charge in [0.25, 0.3) is 0 Å². The Morgan fingerprint density at radius 2 is 1.76 bits per heavy atom. The standard InChI is InChI=1S/C28H23F3N4O2/c1-35-17-32-16-24(35)27(36,23-10-6-7-13-33-23)19-11-12-22-20(15-19)25(37-2)21(26(34-22)28(29,30)31)14-18-8-4-3-5-9-18/h3-13,15-17,36H,14H2,1-2H3. The number of nitrogens with zero attached hydrogens (tertiary/aromatic N) is 4. The van der Waals surface area contributed by atoms with E-state index in [0.717, 1.165) is 0 Å². The normalized spacial score (nSPS) is 13.5. The minimum Gasteiger partial charge on any atom is -0.496 e. The van der Waals surface area contributed by atoms with Crippen molar-refractivity contribution in [3.8, 4) is 5.75 Å². The van der Waals surface area contributed by atoms with E-state index in [1.54, 1.807) is 84.8 Å². The molecule has 0 saturated heterocycles. The van der Waals surface area contributed by atoms with Gasteiger partial charge in [0.15, 0.2) is 11.3 Å². The molecule has 0 spiro atoms. The molecule has 188 valence electrons. The van der Waals surface area contributed by atoms with E-state index >= 15 is 0 Å². The zero-order valence-electron chi connectivity index (χ0n) is 20.1. The molecule has 3 aromatic heterocycles. The minimum absolute atomic E-state index is 0.0295. The van der Waals surface area contributed by atoms with Crippen LogP contribution in [0.1, 0.15) is 33.8 Å². The molecule has 0 aliphatic heterocycles. The molecule has 1 N–H and O–H groups in total. The number of hydrogen-bond donors (Lipinski definition) is 1. The van der Waals surface area contributed by atoms with Crippen molar-refractivity contribution in [1.29, 1.82) is 0 Å². The molecule has 9 heteroatoms. The van der Waals surface area contributed by atoms with Crippen molar-refractivity contribution in [2.24, 2.45) is 7.05 Å². The van der Waals surface area contributed by atoms with Crippen LogP contribution in [0.4, 0.5) is 13.2 Å². The molecule has 0 saturated carbocycles. The molecule has 5 rings (SSSR count). The number of benzene rings is 2. The van der Waals surface area contributed by atoms with Crippen LogP contribution in [-0.4, -0.2) is 31.7 Å². The van der Waals surface area contributed by atoms with Crippen molar-refractivity contribution in [1.82, 2.24) is 19.5 Å². The number of rotatable bonds is 6. The predicted octanol–water partition coefficient (Wildman–Crippen LogP) is 5.27. The van der Waals surface area contributed by atoms with Crippen molar-refractivity contribution in [3.63, 3.8) is 0 Å². The summed E-state index contributed by atoms with van der Waals surface area (Å²) < 4.78 is 49.7. The van der Waals surface area contributed by atoms with Crippen molar-refractivity contribution in [2.45, 2.75) is 18.2 Å². The van der Waals surface area contributed by atoms with Crippen LogP contribution in [-0.2, 0) is 25.2 Å². The summed E-state index contributed by atoms with van der Waals surface area (Å²) in [6, 6.07) is 18.6. The average Bonchev–Trinajstić information content (AvgIpc) is 3.34. The van der Waals surface area contributed by atoms with Crippen LogP contribution >= 0.6 is 0 Å². The summed E-state index contributed by atoms with van der Waals surface area (Å²) in [5, 5.41) is 12.5. The second-order valence-electron chi connectivity index (χ2n) is 8.68. The smallest absolute Gasteiger partial charge is 0.433 e. The largest absolute Gasteiger partial charge is 0.496 e. The highest BCUT2D eigenvalue weighted by molar-refractivity contribution is 5.88. The summed E-state index contributed by atoms with van der Waals surface area (Å²) in [6.07, 6.45) is -0.0682. The number of alkyl halides is 3. The Morgan fingerprint density at radius 1 is 1.00 bits per heavy atom. The number of aliphatic hydroxyl groups is 1. The predicted molar refractivity (Wildman–Crippen MR) is 132 cm³/mol. The summed E-state index contributed by atoms with van der Waals surface area (Å²) in [5.41, 5.74) is -0.883. The molecule has 0 aliphatic carbocycles. The summed E-state index contributed by atoms with van der Waals surface area (Å²) in [4.78, 5) is 12.5. The van der Waals surface area contributed by atoms with E-state index in [4.69, 9.17) is 4.74 Å². The molecule has 0 aliphatic rings. The topological polar surface area (TPSA) is 73.1 Å². The third-order valence-corrected chi connectivity index (χ3v) is 6.37. The number of ether oxygens (including phenoxy) is 1. The molecule has 0 amide bonds. The molecule has 6 nitrogen and oxygen atoms in total. The zero-order chi connectivity index (χ0) is 26.2. The maximum atomic E-state index is 14.1. The molecular weight excluding hydrogens is 481 g/mol.